The Hall–Kier alpha value is -6.24. The van der Waals surface area contributed by atoms with Crippen molar-refractivity contribution in [2.45, 2.75) is 153 Å². The fraction of sp³-hybridized carbons (Fsp3) is 0.517. The summed E-state index contributed by atoms with van der Waals surface area (Å²) in [4.78, 5) is 70.3. The summed E-state index contributed by atoms with van der Waals surface area (Å²) in [6, 6.07) is 21.5. The number of H-pyrrole nitrogens is 1. The minimum Gasteiger partial charge on any atom is -0.453 e. The second-order valence-corrected chi connectivity index (χ2v) is 21.9. The van der Waals surface area contributed by atoms with Gasteiger partial charge in [0, 0.05) is 30.4 Å². The molecule has 11 rings (SSSR count). The molecule has 4 aliphatic carbocycles. The van der Waals surface area contributed by atoms with Crippen molar-refractivity contribution in [2.75, 3.05) is 14.2 Å². The molecule has 3 aromatic carbocycles. The largest absolute Gasteiger partial charge is 0.453 e. The maximum atomic E-state index is 14.2. The van der Waals surface area contributed by atoms with Gasteiger partial charge in [0.05, 0.1) is 38.2 Å². The summed E-state index contributed by atoms with van der Waals surface area (Å²) in [7, 11) is 2.67. The number of benzene rings is 3. The van der Waals surface area contributed by atoms with E-state index in [2.05, 4.69) is 76.3 Å². The first kappa shape index (κ1) is 47.1. The number of nitrogens with zero attached hydrogens (tertiary/aromatic N) is 4. The van der Waals surface area contributed by atoms with E-state index in [1.807, 2.05) is 49.9 Å². The van der Waals surface area contributed by atoms with E-state index in [-0.39, 0.29) is 53.2 Å². The van der Waals surface area contributed by atoms with Crippen LogP contribution in [0, 0.1) is 23.7 Å². The van der Waals surface area contributed by atoms with Gasteiger partial charge in [-0.3, -0.25) is 14.6 Å². The summed E-state index contributed by atoms with van der Waals surface area (Å²) in [5.41, 5.74) is 13.7. The molecule has 5 fully saturated rings. The van der Waals surface area contributed by atoms with Crippen molar-refractivity contribution in [2.24, 2.45) is 28.7 Å². The monoisotopic (exact) mass is 960 g/mol. The van der Waals surface area contributed by atoms with Crippen molar-refractivity contribution in [3.63, 3.8) is 0 Å². The number of hydrogen-bond acceptors (Lipinski definition) is 8. The highest BCUT2D eigenvalue weighted by molar-refractivity contribution is 6.04. The fourth-order valence-electron chi connectivity index (χ4n) is 13.4. The molecule has 7 aliphatic rings. The molecule has 1 aromatic heterocycles. The van der Waals surface area contributed by atoms with Crippen LogP contribution in [0.3, 0.4) is 0 Å². The number of imidazole rings is 1. The van der Waals surface area contributed by atoms with E-state index < -0.39 is 24.3 Å². The Morgan fingerprint density at radius 3 is 1.83 bits per heavy atom. The summed E-state index contributed by atoms with van der Waals surface area (Å²) in [5, 5.41) is 5.67. The second-order valence-electron chi connectivity index (χ2n) is 21.9. The highest BCUT2D eigenvalue weighted by Gasteiger charge is 2.58. The third kappa shape index (κ3) is 8.44. The van der Waals surface area contributed by atoms with Crippen LogP contribution in [0.25, 0.3) is 39.1 Å². The molecule has 0 bridgehead atoms. The molecule has 10 atom stereocenters. The van der Waals surface area contributed by atoms with Gasteiger partial charge < -0.3 is 34.9 Å². The van der Waals surface area contributed by atoms with Gasteiger partial charge in [-0.25, -0.2) is 14.6 Å². The van der Waals surface area contributed by atoms with Crippen LogP contribution in [0.4, 0.5) is 9.59 Å². The molecule has 2 saturated heterocycles. The molecule has 3 N–H and O–H groups in total. The van der Waals surface area contributed by atoms with E-state index in [1.54, 1.807) is 0 Å². The number of aliphatic imine (C=N–C) groups is 1. The first-order valence-corrected chi connectivity index (χ1v) is 26.5. The van der Waals surface area contributed by atoms with Crippen molar-refractivity contribution in [1.29, 1.82) is 0 Å². The van der Waals surface area contributed by atoms with Gasteiger partial charge in [-0.05, 0) is 131 Å². The zero-order valence-corrected chi connectivity index (χ0v) is 42.1. The fourth-order valence-corrected chi connectivity index (χ4v) is 13.4. The summed E-state index contributed by atoms with van der Waals surface area (Å²) < 4.78 is 9.80. The van der Waals surface area contributed by atoms with Gasteiger partial charge in [0.1, 0.15) is 17.9 Å². The average Bonchev–Trinajstić information content (AvgIpc) is 3.85. The molecule has 13 nitrogen and oxygen atoms in total. The number of nitrogens with one attached hydrogen (secondary N) is 3. The van der Waals surface area contributed by atoms with Crippen LogP contribution in [-0.4, -0.2) is 93.9 Å². The molecule has 4 heterocycles. The van der Waals surface area contributed by atoms with Gasteiger partial charge in [-0.1, -0.05) is 114 Å². The molecule has 0 radical (unpaired) electrons. The van der Waals surface area contributed by atoms with Crippen LogP contribution in [0.2, 0.25) is 0 Å². The van der Waals surface area contributed by atoms with Crippen LogP contribution in [0.5, 0.6) is 0 Å². The van der Waals surface area contributed by atoms with E-state index in [9.17, 15) is 19.2 Å². The molecule has 13 heteroatoms. The molecule has 3 aliphatic heterocycles. The van der Waals surface area contributed by atoms with E-state index in [0.717, 1.165) is 73.3 Å². The third-order valence-electron chi connectivity index (χ3n) is 18.0. The highest BCUT2D eigenvalue weighted by atomic mass is 16.5. The molecule has 4 aromatic rings. The van der Waals surface area contributed by atoms with Crippen molar-refractivity contribution < 1.29 is 28.7 Å². The Bertz CT molecular complexity index is 2790. The molecular weight excluding hydrogens is 891 g/mol. The minimum absolute atomic E-state index is 0.0236. The van der Waals surface area contributed by atoms with E-state index in [1.165, 1.54) is 85.3 Å². The number of alkyl carbamates (subject to hydrolysis) is 2. The van der Waals surface area contributed by atoms with Crippen molar-refractivity contribution in [3.05, 3.63) is 95.6 Å². The molecule has 71 heavy (non-hydrogen) atoms. The van der Waals surface area contributed by atoms with E-state index in [4.69, 9.17) is 19.5 Å². The van der Waals surface area contributed by atoms with Crippen LogP contribution in [0.1, 0.15) is 133 Å². The minimum atomic E-state index is -0.657. The number of carbonyl (C=O) groups excluding carboxylic acids is 4. The Kier molecular flexibility index (Phi) is 12.4. The maximum Gasteiger partial charge on any atom is 0.407 e. The summed E-state index contributed by atoms with van der Waals surface area (Å²) >= 11 is 0. The lowest BCUT2D eigenvalue weighted by Crippen LogP contribution is -2.55. The molecule has 6 unspecified atom stereocenters. The number of aromatic nitrogens is 2. The van der Waals surface area contributed by atoms with Gasteiger partial charge in [-0.2, -0.15) is 0 Å². The number of carbonyl (C=O) groups is 4. The number of hydrogen-bond donors (Lipinski definition) is 3. The standard InChI is InChI=1S/C58H69N7O6/c1-7-32(3)51(62-56(68)70-5)54(66)64-46-26-38(46)28-48(64)44-25-40(30-59-44)34-11-13-35(14-12-34)41-19-20-42(50-43(41)21-24-58(50)22-9-10-23-58)36-15-17-37(18-16-36)45-31-60-53(61-45)49-29-39-27-47(39)65(49)55(67)52(33(4)8-2)63-57(69)71-6/h11-20,30-33,38-39,46-49,51-52H,7-10,21-29H2,1-6H3,(H,60,61)(H,62,68)(H,63,69)/t32?,33?,38?,39?,46?,47?,48-,49-,51-,52-/m0/s1. The first-order chi connectivity index (χ1) is 34.4. The van der Waals surface area contributed by atoms with Gasteiger partial charge in [0.15, 0.2) is 0 Å². The van der Waals surface area contributed by atoms with E-state index in [0.29, 0.717) is 18.3 Å². The average molecular weight is 960 g/mol. The molecule has 4 amide bonds. The molecule has 3 saturated carbocycles. The second kappa shape index (κ2) is 18.7. The number of methoxy groups -OCH3 is 2. The predicted molar refractivity (Wildman–Crippen MR) is 274 cm³/mol. The van der Waals surface area contributed by atoms with Crippen LogP contribution in [0.15, 0.2) is 78.1 Å². The van der Waals surface area contributed by atoms with Gasteiger partial charge in [-0.15, -0.1) is 0 Å². The number of ether oxygens (including phenoxy) is 2. The Morgan fingerprint density at radius 2 is 1.24 bits per heavy atom. The number of aromatic amines is 1. The number of piperidine rings is 2. The number of likely N-dealkylation sites (tertiary alicyclic amines) is 2. The zero-order valence-electron chi connectivity index (χ0n) is 42.1. The Labute approximate surface area is 417 Å². The van der Waals surface area contributed by atoms with Gasteiger partial charge in [0.25, 0.3) is 0 Å². The topological polar surface area (TPSA) is 158 Å². The number of fused-ring (bicyclic) bond motifs is 4. The highest BCUT2D eigenvalue weighted by Crippen LogP contribution is 2.56. The summed E-state index contributed by atoms with van der Waals surface area (Å²) in [6.45, 7) is 8.08. The Morgan fingerprint density at radius 1 is 0.704 bits per heavy atom. The van der Waals surface area contributed by atoms with Crippen LogP contribution < -0.4 is 10.6 Å². The smallest absolute Gasteiger partial charge is 0.407 e. The molecule has 372 valence electrons. The van der Waals surface area contributed by atoms with Crippen molar-refractivity contribution >= 4 is 35.3 Å². The predicted octanol–water partition coefficient (Wildman–Crippen LogP) is 10.5. The third-order valence-corrected chi connectivity index (χ3v) is 18.0. The lowest BCUT2D eigenvalue weighted by Gasteiger charge is -2.33. The van der Waals surface area contributed by atoms with Gasteiger partial charge >= 0.3 is 12.2 Å². The SMILES string of the molecule is CCC(C)[C@H](NC(=O)OC)C(=O)N1C2CC2C[C@H]1C1=NC=C(c2ccc(-c3ccc(-c4ccc(-c5cnc([C@@H]6CC7CC7N6C(=O)[C@@H](NC(=O)OC)C(C)CC)[nH]5)cc4)c4c3CCC43CCCC3)cc2)C1. The van der Waals surface area contributed by atoms with Crippen molar-refractivity contribution in [1.82, 2.24) is 30.4 Å². The zero-order chi connectivity index (χ0) is 49.3. The van der Waals surface area contributed by atoms with E-state index >= 15 is 0 Å². The number of rotatable bonds is 14. The van der Waals surface area contributed by atoms with Crippen molar-refractivity contribution in [3.8, 4) is 33.5 Å². The molecule has 1 spiro atoms. The quantitative estimate of drug-likeness (QED) is 0.113. The number of amides is 4. The summed E-state index contributed by atoms with van der Waals surface area (Å²) in [5.74, 6) is 1.58. The molecular formula is C58H69N7O6. The first-order valence-electron chi connectivity index (χ1n) is 26.5. The maximum absolute atomic E-state index is 14.2. The van der Waals surface area contributed by atoms with Gasteiger partial charge in [0.2, 0.25) is 11.8 Å². The number of allylic oxidation sites excluding steroid dienone is 1. The summed E-state index contributed by atoms with van der Waals surface area (Å²) in [6.07, 6.45) is 16.0. The normalized spacial score (nSPS) is 25.9. The Balaban J connectivity index is 0.801. The van der Waals surface area contributed by atoms with Crippen LogP contribution >= 0.6 is 0 Å². The lowest BCUT2D eigenvalue weighted by atomic mass is 9.76. The lowest BCUT2D eigenvalue weighted by molar-refractivity contribution is -0.137. The van der Waals surface area contributed by atoms with Crippen LogP contribution in [-0.2, 0) is 30.9 Å².